The summed E-state index contributed by atoms with van der Waals surface area (Å²) in [6.07, 6.45) is 14.6. The second-order valence-electron chi connectivity index (χ2n) is 17.4. The van der Waals surface area contributed by atoms with Gasteiger partial charge in [-0.25, -0.2) is 23.7 Å². The van der Waals surface area contributed by atoms with E-state index < -0.39 is 20.0 Å². The molecule has 2 aromatic heterocycles. The molecule has 2 aliphatic carbocycles. The number of halogens is 2. The van der Waals surface area contributed by atoms with E-state index in [9.17, 15) is 0 Å². The topological polar surface area (TPSA) is 75.5 Å². The van der Waals surface area contributed by atoms with E-state index in [1.165, 1.54) is 43.9 Å². The van der Waals surface area contributed by atoms with Crippen LogP contribution in [0.3, 0.4) is 0 Å². The lowest BCUT2D eigenvalue weighted by Crippen LogP contribution is -2.42. The van der Waals surface area contributed by atoms with Gasteiger partial charge in [0.25, 0.3) is 0 Å². The summed E-state index contributed by atoms with van der Waals surface area (Å²) < 4.78 is 37.0. The zero-order valence-corrected chi connectivity index (χ0v) is 32.5. The van der Waals surface area contributed by atoms with Crippen LogP contribution in [-0.4, -0.2) is 60.1 Å². The molecule has 7 rings (SSSR count). The van der Waals surface area contributed by atoms with Crippen molar-refractivity contribution in [1.29, 1.82) is 0 Å². The Balaban J connectivity index is 0.911. The minimum atomic E-state index is -1.67. The molecule has 0 radical (unpaired) electrons. The van der Waals surface area contributed by atoms with E-state index in [4.69, 9.17) is 4.43 Å². The van der Waals surface area contributed by atoms with Gasteiger partial charge in [0, 0.05) is 36.0 Å². The van der Waals surface area contributed by atoms with Crippen LogP contribution in [0.1, 0.15) is 109 Å². The quantitative estimate of drug-likeness (QED) is 0.222. The Morgan fingerprint density at radius 1 is 0.922 bits per heavy atom. The third kappa shape index (κ3) is 7.56. The van der Waals surface area contributed by atoms with Crippen LogP contribution in [0.5, 0.6) is 0 Å². The summed E-state index contributed by atoms with van der Waals surface area (Å²) >= 11 is 0. The van der Waals surface area contributed by atoms with Gasteiger partial charge < -0.3 is 14.6 Å². The first kappa shape index (κ1) is 36.3. The molecule has 4 aliphatic rings. The summed E-state index contributed by atoms with van der Waals surface area (Å²) in [5.41, 5.74) is 3.66. The van der Waals surface area contributed by atoms with E-state index in [2.05, 4.69) is 70.1 Å². The number of piperidine rings is 1. The standard InChI is InChI=1S/C41H56F2N6OSi/c1-27-41(17-7-8-18-41)33-21-32(22-34(42)38(33)46-27)37-35(43)24-45-39(48-37)47-36-14-13-31(23-44-36)30-15-19-49(20-16-30)25-28-9-11-29(12-10-28)26-50-51(5,6)40(2,3)4/h13-14,21-24,28-30H,7-12,15-20,25-26H2,1-6H3,(H,44,45,47,48). The van der Waals surface area contributed by atoms with Crippen LogP contribution in [0.4, 0.5) is 26.2 Å². The number of aromatic nitrogens is 3. The average Bonchev–Trinajstić information content (AvgIpc) is 3.71. The van der Waals surface area contributed by atoms with Crippen molar-refractivity contribution >= 4 is 31.5 Å². The lowest BCUT2D eigenvalue weighted by Gasteiger charge is -2.39. The van der Waals surface area contributed by atoms with Crippen LogP contribution in [0, 0.1) is 23.5 Å². The van der Waals surface area contributed by atoms with Gasteiger partial charge in [0.15, 0.2) is 14.1 Å². The fourth-order valence-corrected chi connectivity index (χ4v) is 9.78. The normalized spacial score (nSPS) is 22.7. The van der Waals surface area contributed by atoms with Gasteiger partial charge in [0.2, 0.25) is 5.95 Å². The number of pyridine rings is 1. The van der Waals surface area contributed by atoms with Gasteiger partial charge >= 0.3 is 0 Å². The number of anilines is 2. The minimum Gasteiger partial charge on any atom is -0.417 e. The van der Waals surface area contributed by atoms with Crippen LogP contribution < -0.4 is 5.32 Å². The molecule has 0 unspecified atom stereocenters. The van der Waals surface area contributed by atoms with Gasteiger partial charge in [-0.05, 0) is 137 Å². The lowest BCUT2D eigenvalue weighted by molar-refractivity contribution is 0.129. The molecule has 1 spiro atoms. The van der Waals surface area contributed by atoms with Crippen molar-refractivity contribution in [3.05, 3.63) is 59.4 Å². The molecule has 274 valence electrons. The van der Waals surface area contributed by atoms with Crippen LogP contribution in [0.2, 0.25) is 18.1 Å². The maximum Gasteiger partial charge on any atom is 0.229 e. The van der Waals surface area contributed by atoms with E-state index in [1.807, 2.05) is 25.3 Å². The molecular formula is C41H56F2N6OSi. The predicted molar refractivity (Wildman–Crippen MR) is 205 cm³/mol. The molecule has 51 heavy (non-hydrogen) atoms. The monoisotopic (exact) mass is 714 g/mol. The molecule has 3 fully saturated rings. The molecule has 1 saturated heterocycles. The van der Waals surface area contributed by atoms with Crippen molar-refractivity contribution in [2.75, 3.05) is 31.6 Å². The fraction of sp³-hybridized carbons (Fsp3) is 0.610. The maximum absolute atomic E-state index is 15.3. The summed E-state index contributed by atoms with van der Waals surface area (Å²) in [7, 11) is -1.67. The highest BCUT2D eigenvalue weighted by Crippen LogP contribution is 2.52. The number of nitrogens with one attached hydrogen (secondary N) is 1. The summed E-state index contributed by atoms with van der Waals surface area (Å²) in [5.74, 6) is 1.80. The van der Waals surface area contributed by atoms with Crippen molar-refractivity contribution in [3.8, 4) is 11.3 Å². The molecule has 7 nitrogen and oxygen atoms in total. The zero-order chi connectivity index (χ0) is 36.0. The Bertz CT molecular complexity index is 1730. The Hall–Kier alpha value is -3.08. The van der Waals surface area contributed by atoms with Gasteiger partial charge in [0.05, 0.1) is 6.20 Å². The Labute approximate surface area is 304 Å². The van der Waals surface area contributed by atoms with E-state index in [-0.39, 0.29) is 22.1 Å². The van der Waals surface area contributed by atoms with Crippen molar-refractivity contribution in [3.63, 3.8) is 0 Å². The molecule has 3 aromatic rings. The Morgan fingerprint density at radius 2 is 1.63 bits per heavy atom. The second-order valence-corrected chi connectivity index (χ2v) is 22.2. The van der Waals surface area contributed by atoms with Gasteiger partial charge in [-0.15, -0.1) is 0 Å². The predicted octanol–water partition coefficient (Wildman–Crippen LogP) is 10.5. The van der Waals surface area contributed by atoms with Crippen LogP contribution in [0.15, 0.2) is 41.7 Å². The Kier molecular flexibility index (Phi) is 10.2. The van der Waals surface area contributed by atoms with Crippen LogP contribution >= 0.6 is 0 Å². The summed E-state index contributed by atoms with van der Waals surface area (Å²) in [6, 6.07) is 7.30. The highest BCUT2D eigenvalue weighted by Gasteiger charge is 2.45. The number of aliphatic imine (C=N–C) groups is 1. The molecule has 0 amide bonds. The Morgan fingerprint density at radius 3 is 2.29 bits per heavy atom. The number of benzene rings is 1. The van der Waals surface area contributed by atoms with Crippen LogP contribution in [0.25, 0.3) is 11.3 Å². The van der Waals surface area contributed by atoms with Gasteiger partial charge in [0.1, 0.15) is 23.0 Å². The van der Waals surface area contributed by atoms with Gasteiger partial charge in [-0.1, -0.05) is 39.7 Å². The number of hydrogen-bond donors (Lipinski definition) is 1. The summed E-state index contributed by atoms with van der Waals surface area (Å²) in [5, 5.41) is 3.42. The first-order valence-corrected chi connectivity index (χ1v) is 22.2. The van der Waals surface area contributed by atoms with E-state index in [0.717, 1.165) is 87.5 Å². The average molecular weight is 715 g/mol. The maximum atomic E-state index is 15.3. The van der Waals surface area contributed by atoms with Gasteiger partial charge in [-0.2, -0.15) is 0 Å². The number of fused-ring (bicyclic) bond motifs is 2. The SMILES string of the molecule is CC1=Nc2c(F)cc(-c3nc(Nc4ccc(C5CCN(CC6CCC(CO[Si](C)(C)C(C)(C)C)CC6)CC5)cn4)ncc3F)cc2C12CCCC2. The van der Waals surface area contributed by atoms with Crippen molar-refractivity contribution in [1.82, 2.24) is 19.9 Å². The molecule has 0 atom stereocenters. The first-order valence-electron chi connectivity index (χ1n) is 19.3. The molecule has 4 heterocycles. The van der Waals surface area contributed by atoms with Crippen molar-refractivity contribution < 1.29 is 13.2 Å². The molecule has 2 saturated carbocycles. The van der Waals surface area contributed by atoms with Gasteiger partial charge in [-0.3, -0.25) is 4.99 Å². The number of rotatable bonds is 9. The molecule has 1 N–H and O–H groups in total. The van der Waals surface area contributed by atoms with E-state index >= 15 is 8.78 Å². The van der Waals surface area contributed by atoms with E-state index in [1.54, 1.807) is 0 Å². The second kappa shape index (κ2) is 14.4. The fourth-order valence-electron chi connectivity index (χ4n) is 8.70. The number of likely N-dealkylation sites (tertiary alicyclic amines) is 1. The van der Waals surface area contributed by atoms with E-state index in [0.29, 0.717) is 23.0 Å². The highest BCUT2D eigenvalue weighted by molar-refractivity contribution is 6.74. The first-order chi connectivity index (χ1) is 24.3. The third-order valence-electron chi connectivity index (χ3n) is 13.1. The molecule has 1 aromatic carbocycles. The third-order valence-corrected chi connectivity index (χ3v) is 17.6. The number of nitrogens with zero attached hydrogens (tertiary/aromatic N) is 5. The summed E-state index contributed by atoms with van der Waals surface area (Å²) in [4.78, 5) is 20.6. The number of hydrogen-bond acceptors (Lipinski definition) is 7. The van der Waals surface area contributed by atoms with Crippen molar-refractivity contribution in [2.24, 2.45) is 16.8 Å². The smallest absolute Gasteiger partial charge is 0.229 e. The molecule has 2 aliphatic heterocycles. The largest absolute Gasteiger partial charge is 0.417 e. The molecule has 0 bridgehead atoms. The van der Waals surface area contributed by atoms with Crippen molar-refractivity contribution in [2.45, 2.75) is 121 Å². The zero-order valence-electron chi connectivity index (χ0n) is 31.5. The summed E-state index contributed by atoms with van der Waals surface area (Å²) in [6.45, 7) is 18.1. The lowest BCUT2D eigenvalue weighted by atomic mass is 9.76. The minimum absolute atomic E-state index is 0.0685. The van der Waals surface area contributed by atoms with Crippen LogP contribution in [-0.2, 0) is 9.84 Å². The molecular weight excluding hydrogens is 659 g/mol. The highest BCUT2D eigenvalue weighted by atomic mass is 28.4. The molecule has 10 heteroatoms.